The highest BCUT2D eigenvalue weighted by atomic mass is 16.2. The van der Waals surface area contributed by atoms with Crippen LogP contribution in [0.5, 0.6) is 0 Å². The van der Waals surface area contributed by atoms with Crippen LogP contribution in [0.15, 0.2) is 66.7 Å². The van der Waals surface area contributed by atoms with Gasteiger partial charge in [0.25, 0.3) is 5.91 Å². The summed E-state index contributed by atoms with van der Waals surface area (Å²) in [5.41, 5.74) is 8.52. The Morgan fingerprint density at radius 2 is 1.45 bits per heavy atom. The minimum Gasteiger partial charge on any atom is -0.318 e. The molecule has 1 heterocycles. The second-order valence-electron chi connectivity index (χ2n) is 6.75. The molecule has 2 N–H and O–H groups in total. The lowest BCUT2D eigenvalue weighted by molar-refractivity contribution is -0.121. The summed E-state index contributed by atoms with van der Waals surface area (Å²) in [5.74, 6) is -0.930. The fraction of sp³-hybridized carbons (Fsp3) is 0.174. The van der Waals surface area contributed by atoms with E-state index in [9.17, 15) is 14.4 Å². The smallest absolute Gasteiger partial charge is 0.271 e. The maximum atomic E-state index is 12.5. The van der Waals surface area contributed by atoms with Crippen molar-refractivity contribution < 1.29 is 14.4 Å². The molecule has 0 atom stereocenters. The van der Waals surface area contributed by atoms with Crippen molar-refractivity contribution in [3.05, 3.63) is 89.2 Å². The SMILES string of the molecule is Cc1cc(C(=O)NNC(=O)CCC(=O)c2ccccc2)c(C)n1-c1ccccc1. The Hall–Kier alpha value is -3.67. The highest BCUT2D eigenvalue weighted by Crippen LogP contribution is 2.20. The first kappa shape index (κ1) is 20.1. The number of aromatic nitrogens is 1. The van der Waals surface area contributed by atoms with Crippen LogP contribution in [0.1, 0.15) is 44.9 Å². The minimum atomic E-state index is -0.417. The molecule has 29 heavy (non-hydrogen) atoms. The van der Waals surface area contributed by atoms with Crippen molar-refractivity contribution in [2.24, 2.45) is 0 Å². The lowest BCUT2D eigenvalue weighted by Gasteiger charge is -2.10. The second kappa shape index (κ2) is 9.01. The van der Waals surface area contributed by atoms with Gasteiger partial charge >= 0.3 is 0 Å². The number of hydrogen-bond donors (Lipinski definition) is 2. The summed E-state index contributed by atoms with van der Waals surface area (Å²) in [6, 6.07) is 20.3. The van der Waals surface area contributed by atoms with Gasteiger partial charge in [-0.25, -0.2) is 0 Å². The van der Waals surface area contributed by atoms with Crippen LogP contribution in [0.25, 0.3) is 5.69 Å². The molecule has 0 fully saturated rings. The summed E-state index contributed by atoms with van der Waals surface area (Å²) in [7, 11) is 0. The zero-order chi connectivity index (χ0) is 20.8. The number of amides is 2. The Morgan fingerprint density at radius 3 is 2.10 bits per heavy atom. The molecule has 3 aromatic rings. The van der Waals surface area contributed by atoms with Crippen molar-refractivity contribution in [3.63, 3.8) is 0 Å². The third-order valence-corrected chi connectivity index (χ3v) is 4.68. The number of carbonyl (C=O) groups excluding carboxylic acids is 3. The van der Waals surface area contributed by atoms with Crippen LogP contribution in [0, 0.1) is 13.8 Å². The van der Waals surface area contributed by atoms with E-state index in [4.69, 9.17) is 0 Å². The summed E-state index contributed by atoms with van der Waals surface area (Å²) >= 11 is 0. The lowest BCUT2D eigenvalue weighted by Crippen LogP contribution is -2.41. The first-order chi connectivity index (χ1) is 14.0. The quantitative estimate of drug-likeness (QED) is 0.500. The van der Waals surface area contributed by atoms with Crippen molar-refractivity contribution in [3.8, 4) is 5.69 Å². The largest absolute Gasteiger partial charge is 0.318 e. The monoisotopic (exact) mass is 389 g/mol. The van der Waals surface area contributed by atoms with Crippen molar-refractivity contribution in [1.29, 1.82) is 0 Å². The molecular formula is C23H23N3O3. The Balaban J connectivity index is 1.57. The summed E-state index contributed by atoms with van der Waals surface area (Å²) in [6.07, 6.45) is 0.0747. The molecule has 0 aliphatic carbocycles. The van der Waals surface area contributed by atoms with E-state index >= 15 is 0 Å². The van der Waals surface area contributed by atoms with Gasteiger partial charge in [0.2, 0.25) is 5.91 Å². The van der Waals surface area contributed by atoms with Crippen LogP contribution in [0.4, 0.5) is 0 Å². The van der Waals surface area contributed by atoms with E-state index in [-0.39, 0.29) is 18.6 Å². The van der Waals surface area contributed by atoms with Crippen molar-refractivity contribution in [1.82, 2.24) is 15.4 Å². The van der Waals surface area contributed by atoms with Crippen LogP contribution in [-0.4, -0.2) is 22.2 Å². The molecule has 0 radical (unpaired) electrons. The Bertz CT molecular complexity index is 1020. The number of Topliss-reactive ketones (excluding diaryl/α,β-unsaturated/α-hetero) is 1. The number of carbonyl (C=O) groups is 3. The molecule has 0 aliphatic rings. The third kappa shape index (κ3) is 4.79. The van der Waals surface area contributed by atoms with Gasteiger partial charge in [0.05, 0.1) is 5.56 Å². The number of ketones is 1. The molecule has 0 saturated carbocycles. The number of hydrogen-bond acceptors (Lipinski definition) is 3. The van der Waals surface area contributed by atoms with E-state index in [2.05, 4.69) is 10.9 Å². The number of nitrogens with zero attached hydrogens (tertiary/aromatic N) is 1. The van der Waals surface area contributed by atoms with Gasteiger partial charge in [0.1, 0.15) is 0 Å². The molecule has 6 nitrogen and oxygen atoms in total. The Morgan fingerprint density at radius 1 is 0.828 bits per heavy atom. The zero-order valence-electron chi connectivity index (χ0n) is 16.4. The third-order valence-electron chi connectivity index (χ3n) is 4.68. The minimum absolute atomic E-state index is 0.00293. The molecule has 0 bridgehead atoms. The number of nitrogens with one attached hydrogen (secondary N) is 2. The Labute approximate surface area is 169 Å². The lowest BCUT2D eigenvalue weighted by atomic mass is 10.1. The molecule has 6 heteroatoms. The number of hydrazine groups is 1. The number of aryl methyl sites for hydroxylation is 1. The molecule has 0 spiro atoms. The van der Waals surface area contributed by atoms with Gasteiger partial charge in [0.15, 0.2) is 5.78 Å². The van der Waals surface area contributed by atoms with Crippen molar-refractivity contribution in [2.75, 3.05) is 0 Å². The average molecular weight is 389 g/mol. The second-order valence-corrected chi connectivity index (χ2v) is 6.75. The topological polar surface area (TPSA) is 80.2 Å². The van der Waals surface area contributed by atoms with Crippen LogP contribution < -0.4 is 10.9 Å². The molecular weight excluding hydrogens is 366 g/mol. The van der Waals surface area contributed by atoms with Crippen LogP contribution in [-0.2, 0) is 4.79 Å². The average Bonchev–Trinajstić information content (AvgIpc) is 3.05. The zero-order valence-corrected chi connectivity index (χ0v) is 16.4. The Kier molecular flexibility index (Phi) is 6.24. The van der Waals surface area contributed by atoms with E-state index in [1.807, 2.05) is 54.8 Å². The highest BCUT2D eigenvalue weighted by molar-refractivity contribution is 5.99. The maximum absolute atomic E-state index is 12.5. The first-order valence-electron chi connectivity index (χ1n) is 9.39. The van der Waals surface area contributed by atoms with E-state index in [1.165, 1.54) is 0 Å². The van der Waals surface area contributed by atoms with Crippen molar-refractivity contribution >= 4 is 17.6 Å². The molecule has 0 unspecified atom stereocenters. The van der Waals surface area contributed by atoms with Crippen molar-refractivity contribution in [2.45, 2.75) is 26.7 Å². The molecule has 2 aromatic carbocycles. The molecule has 2 amide bonds. The van der Waals surface area contributed by atoms with Gasteiger partial charge in [-0.05, 0) is 32.0 Å². The van der Waals surface area contributed by atoms with E-state index in [0.717, 1.165) is 17.1 Å². The summed E-state index contributed by atoms with van der Waals surface area (Å²) in [6.45, 7) is 3.78. The molecule has 0 saturated heterocycles. The fourth-order valence-electron chi connectivity index (χ4n) is 3.22. The van der Waals surface area contributed by atoms with E-state index in [0.29, 0.717) is 11.1 Å². The fourth-order valence-corrected chi connectivity index (χ4v) is 3.22. The highest BCUT2D eigenvalue weighted by Gasteiger charge is 2.17. The van der Waals surface area contributed by atoms with Crippen LogP contribution in [0.2, 0.25) is 0 Å². The van der Waals surface area contributed by atoms with E-state index in [1.54, 1.807) is 30.3 Å². The molecule has 3 rings (SSSR count). The van der Waals surface area contributed by atoms with Gasteiger partial charge in [-0.2, -0.15) is 0 Å². The molecule has 0 aliphatic heterocycles. The maximum Gasteiger partial charge on any atom is 0.271 e. The van der Waals surface area contributed by atoms with Crippen LogP contribution >= 0.6 is 0 Å². The van der Waals surface area contributed by atoms with Gasteiger partial charge in [0, 0.05) is 35.5 Å². The number of para-hydroxylation sites is 1. The molecule has 148 valence electrons. The van der Waals surface area contributed by atoms with E-state index < -0.39 is 11.8 Å². The van der Waals surface area contributed by atoms with Gasteiger partial charge in [-0.3, -0.25) is 25.2 Å². The standard InChI is InChI=1S/C23H23N3O3/c1-16-15-20(17(2)26(16)19-11-7-4-8-12-19)23(29)25-24-22(28)14-13-21(27)18-9-5-3-6-10-18/h3-12,15H,13-14H2,1-2H3,(H,24,28)(H,25,29). The van der Waals surface area contributed by atoms with Gasteiger partial charge < -0.3 is 4.57 Å². The van der Waals surface area contributed by atoms with Crippen LogP contribution in [0.3, 0.4) is 0 Å². The predicted molar refractivity (Wildman–Crippen MR) is 111 cm³/mol. The number of benzene rings is 2. The van der Waals surface area contributed by atoms with Gasteiger partial charge in [-0.1, -0.05) is 48.5 Å². The summed E-state index contributed by atoms with van der Waals surface area (Å²) in [5, 5.41) is 0. The predicted octanol–water partition coefficient (Wildman–Crippen LogP) is 3.52. The van der Waals surface area contributed by atoms with Gasteiger partial charge in [-0.15, -0.1) is 0 Å². The number of rotatable bonds is 6. The summed E-state index contributed by atoms with van der Waals surface area (Å²) in [4.78, 5) is 36.6. The summed E-state index contributed by atoms with van der Waals surface area (Å²) < 4.78 is 1.98. The first-order valence-corrected chi connectivity index (χ1v) is 9.39. The molecule has 1 aromatic heterocycles. The normalized spacial score (nSPS) is 10.4.